The first kappa shape index (κ1) is 18.9. The number of hydrogen-bond acceptors (Lipinski definition) is 5. The molecule has 28 heavy (non-hydrogen) atoms. The van der Waals surface area contributed by atoms with Gasteiger partial charge in [-0.2, -0.15) is 0 Å². The number of carbonyl (C=O) groups excluding carboxylic acids is 1. The number of benzene rings is 1. The van der Waals surface area contributed by atoms with Crippen molar-refractivity contribution >= 4 is 29.0 Å². The molecule has 4 rings (SSSR count). The third-order valence-corrected chi connectivity index (χ3v) is 5.68. The summed E-state index contributed by atoms with van der Waals surface area (Å²) in [6.45, 7) is 4.44. The van der Waals surface area contributed by atoms with Crippen LogP contribution < -0.4 is 9.80 Å². The molecule has 1 aromatic carbocycles. The van der Waals surface area contributed by atoms with Gasteiger partial charge in [-0.1, -0.05) is 11.6 Å². The van der Waals surface area contributed by atoms with Gasteiger partial charge in [0, 0.05) is 51.0 Å². The Hall–Kier alpha value is -2.41. The van der Waals surface area contributed by atoms with Crippen LogP contribution in [0.1, 0.15) is 29.8 Å². The van der Waals surface area contributed by atoms with Crippen LogP contribution in [0.25, 0.3) is 0 Å². The van der Waals surface area contributed by atoms with Crippen molar-refractivity contribution < 1.29 is 9.18 Å². The molecule has 8 heteroatoms. The van der Waals surface area contributed by atoms with Crippen molar-refractivity contribution in [2.24, 2.45) is 0 Å². The van der Waals surface area contributed by atoms with Crippen LogP contribution in [-0.2, 0) is 0 Å². The Labute approximate surface area is 168 Å². The number of piperidine rings is 1. The monoisotopic (exact) mass is 403 g/mol. The van der Waals surface area contributed by atoms with Gasteiger partial charge in [-0.25, -0.2) is 14.4 Å². The Morgan fingerprint density at radius 3 is 2.39 bits per heavy atom. The van der Waals surface area contributed by atoms with E-state index in [1.165, 1.54) is 18.8 Å². The molecular formula is C20H23ClFN5O. The number of nitrogens with zero attached hydrogens (tertiary/aromatic N) is 5. The fourth-order valence-electron chi connectivity index (χ4n) is 3.77. The summed E-state index contributed by atoms with van der Waals surface area (Å²) in [5, 5.41) is 0.113. The fraction of sp³-hybridized carbons (Fsp3) is 0.450. The minimum atomic E-state index is -0.424. The van der Waals surface area contributed by atoms with E-state index in [1.54, 1.807) is 18.2 Å². The van der Waals surface area contributed by atoms with Crippen LogP contribution in [0.5, 0.6) is 0 Å². The van der Waals surface area contributed by atoms with Crippen LogP contribution in [0.4, 0.5) is 15.9 Å². The van der Waals surface area contributed by atoms with Crippen LogP contribution in [0.15, 0.2) is 30.6 Å². The summed E-state index contributed by atoms with van der Waals surface area (Å²) in [7, 11) is 0. The average Bonchev–Trinajstić information content (AvgIpc) is 2.76. The SMILES string of the molecule is O=C(c1cc(N2CCCCC2)ncn1)N1CCN(c2ccc(F)c(Cl)c2)CC1. The molecule has 2 aliphatic rings. The number of piperazine rings is 1. The van der Waals surface area contributed by atoms with E-state index in [0.717, 1.165) is 37.4 Å². The summed E-state index contributed by atoms with van der Waals surface area (Å²) >= 11 is 5.89. The molecule has 0 aliphatic carbocycles. The maximum atomic E-state index is 13.4. The number of aromatic nitrogens is 2. The van der Waals surface area contributed by atoms with Crippen molar-refractivity contribution in [2.75, 3.05) is 49.1 Å². The van der Waals surface area contributed by atoms with Gasteiger partial charge >= 0.3 is 0 Å². The third-order valence-electron chi connectivity index (χ3n) is 5.39. The quantitative estimate of drug-likeness (QED) is 0.787. The Bertz CT molecular complexity index is 850. The molecule has 2 aliphatic heterocycles. The Morgan fingerprint density at radius 2 is 1.68 bits per heavy atom. The molecule has 0 saturated carbocycles. The van der Waals surface area contributed by atoms with Crippen LogP contribution in [0, 0.1) is 5.82 Å². The number of halogens is 2. The van der Waals surface area contributed by atoms with Gasteiger partial charge in [0.25, 0.3) is 5.91 Å². The zero-order chi connectivity index (χ0) is 19.5. The third kappa shape index (κ3) is 4.04. The van der Waals surface area contributed by atoms with Gasteiger partial charge in [0.2, 0.25) is 0 Å². The van der Waals surface area contributed by atoms with Crippen molar-refractivity contribution in [1.82, 2.24) is 14.9 Å². The molecular weight excluding hydrogens is 381 g/mol. The van der Waals surface area contributed by atoms with Gasteiger partial charge in [-0.15, -0.1) is 0 Å². The molecule has 3 heterocycles. The first-order valence-corrected chi connectivity index (χ1v) is 10.1. The highest BCUT2D eigenvalue weighted by molar-refractivity contribution is 6.31. The second kappa shape index (κ2) is 8.31. The van der Waals surface area contributed by atoms with E-state index in [-0.39, 0.29) is 10.9 Å². The lowest BCUT2D eigenvalue weighted by atomic mass is 10.1. The molecule has 148 valence electrons. The van der Waals surface area contributed by atoms with E-state index in [0.29, 0.717) is 31.9 Å². The van der Waals surface area contributed by atoms with Crippen LogP contribution >= 0.6 is 11.6 Å². The Morgan fingerprint density at radius 1 is 0.929 bits per heavy atom. The van der Waals surface area contributed by atoms with Gasteiger partial charge in [0.05, 0.1) is 5.02 Å². The Kier molecular flexibility index (Phi) is 5.62. The van der Waals surface area contributed by atoms with E-state index < -0.39 is 5.82 Å². The van der Waals surface area contributed by atoms with Crippen LogP contribution in [-0.4, -0.2) is 60.0 Å². The Balaban J connectivity index is 1.40. The number of hydrogen-bond donors (Lipinski definition) is 0. The van der Waals surface area contributed by atoms with E-state index in [4.69, 9.17) is 11.6 Å². The second-order valence-electron chi connectivity index (χ2n) is 7.19. The van der Waals surface area contributed by atoms with Crippen molar-refractivity contribution in [3.8, 4) is 0 Å². The zero-order valence-corrected chi connectivity index (χ0v) is 16.4. The maximum Gasteiger partial charge on any atom is 0.272 e. The van der Waals surface area contributed by atoms with Crippen LogP contribution in [0.2, 0.25) is 5.02 Å². The lowest BCUT2D eigenvalue weighted by Crippen LogP contribution is -2.49. The summed E-state index contributed by atoms with van der Waals surface area (Å²) in [4.78, 5) is 27.6. The standard InChI is InChI=1S/C20H23ClFN5O/c21-16-12-15(4-5-17(16)22)25-8-10-27(11-9-25)20(28)18-13-19(24-14-23-18)26-6-2-1-3-7-26/h4-5,12-14H,1-3,6-11H2. The predicted molar refractivity (Wildman–Crippen MR) is 108 cm³/mol. The zero-order valence-electron chi connectivity index (χ0n) is 15.7. The first-order chi connectivity index (χ1) is 13.6. The minimum absolute atomic E-state index is 0.0718. The van der Waals surface area contributed by atoms with Crippen molar-refractivity contribution in [3.63, 3.8) is 0 Å². The van der Waals surface area contributed by atoms with E-state index in [1.807, 2.05) is 4.90 Å². The average molecular weight is 404 g/mol. The summed E-state index contributed by atoms with van der Waals surface area (Å²) in [5.74, 6) is 0.336. The predicted octanol–water partition coefficient (Wildman–Crippen LogP) is 3.22. The van der Waals surface area contributed by atoms with Gasteiger partial charge in [-0.05, 0) is 37.5 Å². The van der Waals surface area contributed by atoms with Gasteiger partial charge in [0.15, 0.2) is 0 Å². The number of anilines is 2. The van der Waals surface area contributed by atoms with Gasteiger partial charge < -0.3 is 14.7 Å². The summed E-state index contributed by atoms with van der Waals surface area (Å²) in [6, 6.07) is 6.52. The van der Waals surface area contributed by atoms with Gasteiger partial charge in [0.1, 0.15) is 23.7 Å². The smallest absolute Gasteiger partial charge is 0.272 e. The molecule has 1 aromatic heterocycles. The molecule has 0 atom stereocenters. The van der Waals surface area contributed by atoms with Crippen molar-refractivity contribution in [3.05, 3.63) is 47.1 Å². The number of rotatable bonds is 3. The van der Waals surface area contributed by atoms with E-state index >= 15 is 0 Å². The number of amides is 1. The van der Waals surface area contributed by atoms with Gasteiger partial charge in [-0.3, -0.25) is 4.79 Å². The molecule has 0 unspecified atom stereocenters. The summed E-state index contributed by atoms with van der Waals surface area (Å²) < 4.78 is 13.4. The lowest BCUT2D eigenvalue weighted by molar-refractivity contribution is 0.0740. The molecule has 2 fully saturated rings. The molecule has 6 nitrogen and oxygen atoms in total. The summed E-state index contributed by atoms with van der Waals surface area (Å²) in [6.07, 6.45) is 5.04. The molecule has 0 spiro atoms. The second-order valence-corrected chi connectivity index (χ2v) is 7.59. The fourth-order valence-corrected chi connectivity index (χ4v) is 3.95. The summed E-state index contributed by atoms with van der Waals surface area (Å²) in [5.41, 5.74) is 1.31. The lowest BCUT2D eigenvalue weighted by Gasteiger charge is -2.36. The van der Waals surface area contributed by atoms with E-state index in [2.05, 4.69) is 19.8 Å². The molecule has 2 aromatic rings. The van der Waals surface area contributed by atoms with Crippen molar-refractivity contribution in [1.29, 1.82) is 0 Å². The van der Waals surface area contributed by atoms with Crippen LogP contribution in [0.3, 0.4) is 0 Å². The highest BCUT2D eigenvalue weighted by Gasteiger charge is 2.24. The first-order valence-electron chi connectivity index (χ1n) is 9.68. The molecule has 1 amide bonds. The largest absolute Gasteiger partial charge is 0.368 e. The highest BCUT2D eigenvalue weighted by atomic mass is 35.5. The molecule has 0 N–H and O–H groups in total. The minimum Gasteiger partial charge on any atom is -0.368 e. The highest BCUT2D eigenvalue weighted by Crippen LogP contribution is 2.24. The maximum absolute atomic E-state index is 13.4. The van der Waals surface area contributed by atoms with Crippen molar-refractivity contribution in [2.45, 2.75) is 19.3 Å². The molecule has 0 radical (unpaired) electrons. The molecule has 0 bridgehead atoms. The normalized spacial score (nSPS) is 17.7. The topological polar surface area (TPSA) is 52.6 Å². The number of carbonyl (C=O) groups is 1. The molecule has 2 saturated heterocycles. The van der Waals surface area contributed by atoms with E-state index in [9.17, 15) is 9.18 Å².